The highest BCUT2D eigenvalue weighted by atomic mass is 16.2. The third kappa shape index (κ3) is 2.06. The Kier molecular flexibility index (Phi) is 2.84. The van der Waals surface area contributed by atoms with Gasteiger partial charge in [0.25, 0.3) is 0 Å². The smallest absolute Gasteiger partial charge is 0.224 e. The number of amidine groups is 1. The standard InChI is InChI=1S/C9H16N2O/c1-7(2)10-9-5-4-6-11(9)8(3)12/h7H,4-6H2,1-3H3. The Morgan fingerprint density at radius 3 is 2.75 bits per heavy atom. The first-order valence-electron chi connectivity index (χ1n) is 4.46. The molecule has 0 atom stereocenters. The van der Waals surface area contributed by atoms with Crippen molar-refractivity contribution >= 4 is 11.7 Å². The lowest BCUT2D eigenvalue weighted by Crippen LogP contribution is -2.30. The maximum absolute atomic E-state index is 11.1. The van der Waals surface area contributed by atoms with E-state index in [0.717, 1.165) is 25.2 Å². The molecule has 68 valence electrons. The van der Waals surface area contributed by atoms with Gasteiger partial charge in [0.1, 0.15) is 5.84 Å². The minimum Gasteiger partial charge on any atom is -0.301 e. The van der Waals surface area contributed by atoms with Crippen LogP contribution in [0.2, 0.25) is 0 Å². The van der Waals surface area contributed by atoms with Gasteiger partial charge in [-0.05, 0) is 20.3 Å². The van der Waals surface area contributed by atoms with E-state index in [1.807, 2.05) is 13.8 Å². The molecule has 12 heavy (non-hydrogen) atoms. The topological polar surface area (TPSA) is 32.7 Å². The normalized spacial score (nSPS) is 21.0. The predicted octanol–water partition coefficient (Wildman–Crippen LogP) is 1.44. The first-order chi connectivity index (χ1) is 5.61. The number of rotatable bonds is 1. The van der Waals surface area contributed by atoms with Gasteiger partial charge in [0.2, 0.25) is 5.91 Å². The van der Waals surface area contributed by atoms with Crippen LogP contribution >= 0.6 is 0 Å². The van der Waals surface area contributed by atoms with Crippen molar-refractivity contribution < 1.29 is 4.79 Å². The van der Waals surface area contributed by atoms with Gasteiger partial charge in [-0.25, -0.2) is 0 Å². The van der Waals surface area contributed by atoms with E-state index in [2.05, 4.69) is 4.99 Å². The number of carbonyl (C=O) groups is 1. The Bertz CT molecular complexity index is 209. The average Bonchev–Trinajstić information content (AvgIpc) is 2.33. The minimum atomic E-state index is 0.118. The van der Waals surface area contributed by atoms with Crippen LogP contribution in [0.1, 0.15) is 33.6 Å². The summed E-state index contributed by atoms with van der Waals surface area (Å²) in [6.07, 6.45) is 2.02. The molecule has 0 aromatic carbocycles. The number of aliphatic imine (C=N–C) groups is 1. The Hall–Kier alpha value is -0.860. The Labute approximate surface area is 73.5 Å². The van der Waals surface area contributed by atoms with Gasteiger partial charge in [-0.3, -0.25) is 9.79 Å². The second-order valence-electron chi connectivity index (χ2n) is 3.41. The van der Waals surface area contributed by atoms with Crippen molar-refractivity contribution in [1.82, 2.24) is 4.90 Å². The second kappa shape index (κ2) is 3.70. The molecular formula is C9H16N2O. The maximum atomic E-state index is 11.1. The highest BCUT2D eigenvalue weighted by Crippen LogP contribution is 2.12. The van der Waals surface area contributed by atoms with Gasteiger partial charge in [-0.2, -0.15) is 0 Å². The largest absolute Gasteiger partial charge is 0.301 e. The van der Waals surface area contributed by atoms with Gasteiger partial charge in [0.15, 0.2) is 0 Å². The molecule has 0 bridgehead atoms. The summed E-state index contributed by atoms with van der Waals surface area (Å²) in [5, 5.41) is 0. The van der Waals surface area contributed by atoms with E-state index < -0.39 is 0 Å². The molecule has 0 aliphatic carbocycles. The highest BCUT2D eigenvalue weighted by molar-refractivity contribution is 5.98. The lowest BCUT2D eigenvalue weighted by atomic mass is 10.3. The second-order valence-corrected chi connectivity index (χ2v) is 3.41. The molecule has 3 heteroatoms. The number of amides is 1. The van der Waals surface area contributed by atoms with Crippen LogP contribution in [-0.2, 0) is 4.79 Å². The van der Waals surface area contributed by atoms with Crippen molar-refractivity contribution in [2.24, 2.45) is 4.99 Å². The monoisotopic (exact) mass is 168 g/mol. The Morgan fingerprint density at radius 2 is 2.25 bits per heavy atom. The number of hydrogen-bond donors (Lipinski definition) is 0. The number of carbonyl (C=O) groups excluding carboxylic acids is 1. The molecular weight excluding hydrogens is 152 g/mol. The summed E-state index contributed by atoms with van der Waals surface area (Å²) in [6.45, 7) is 6.51. The van der Waals surface area contributed by atoms with E-state index >= 15 is 0 Å². The first-order valence-corrected chi connectivity index (χ1v) is 4.46. The average molecular weight is 168 g/mol. The molecule has 1 heterocycles. The first kappa shape index (κ1) is 9.23. The zero-order valence-corrected chi connectivity index (χ0v) is 8.00. The Balaban J connectivity index is 2.70. The third-order valence-electron chi connectivity index (χ3n) is 1.88. The molecule has 1 amide bonds. The number of nitrogens with zero attached hydrogens (tertiary/aromatic N) is 2. The fraction of sp³-hybridized carbons (Fsp3) is 0.778. The molecule has 3 nitrogen and oxygen atoms in total. The summed E-state index contributed by atoms with van der Waals surface area (Å²) in [7, 11) is 0. The molecule has 1 saturated heterocycles. The summed E-state index contributed by atoms with van der Waals surface area (Å²) in [4.78, 5) is 17.3. The van der Waals surface area contributed by atoms with Crippen molar-refractivity contribution in [1.29, 1.82) is 0 Å². The molecule has 0 aromatic heterocycles. The lowest BCUT2D eigenvalue weighted by molar-refractivity contribution is -0.124. The van der Waals surface area contributed by atoms with Crippen LogP contribution in [0, 0.1) is 0 Å². The van der Waals surface area contributed by atoms with Crippen LogP contribution in [0.4, 0.5) is 0 Å². The van der Waals surface area contributed by atoms with E-state index in [0.29, 0.717) is 6.04 Å². The zero-order chi connectivity index (χ0) is 9.14. The molecule has 0 spiro atoms. The molecule has 1 aliphatic heterocycles. The van der Waals surface area contributed by atoms with Crippen LogP contribution in [0.5, 0.6) is 0 Å². The molecule has 0 unspecified atom stereocenters. The van der Waals surface area contributed by atoms with Gasteiger partial charge in [-0.15, -0.1) is 0 Å². The molecule has 0 N–H and O–H groups in total. The molecule has 1 fully saturated rings. The van der Waals surface area contributed by atoms with Gasteiger partial charge in [-0.1, -0.05) is 0 Å². The van der Waals surface area contributed by atoms with Crippen LogP contribution in [-0.4, -0.2) is 29.2 Å². The third-order valence-corrected chi connectivity index (χ3v) is 1.88. The van der Waals surface area contributed by atoms with Crippen molar-refractivity contribution in [3.8, 4) is 0 Å². The molecule has 1 rings (SSSR count). The van der Waals surface area contributed by atoms with Crippen LogP contribution < -0.4 is 0 Å². The van der Waals surface area contributed by atoms with Gasteiger partial charge < -0.3 is 4.90 Å². The van der Waals surface area contributed by atoms with Gasteiger partial charge in [0.05, 0.1) is 0 Å². The lowest BCUT2D eigenvalue weighted by Gasteiger charge is -2.14. The quantitative estimate of drug-likeness (QED) is 0.583. The summed E-state index contributed by atoms with van der Waals surface area (Å²) >= 11 is 0. The van der Waals surface area contributed by atoms with E-state index in [9.17, 15) is 4.79 Å². The van der Waals surface area contributed by atoms with Crippen LogP contribution in [0.15, 0.2) is 4.99 Å². The van der Waals surface area contributed by atoms with Crippen molar-refractivity contribution in [2.75, 3.05) is 6.54 Å². The predicted molar refractivity (Wildman–Crippen MR) is 49.2 cm³/mol. The molecule has 1 aliphatic rings. The molecule has 0 saturated carbocycles. The fourth-order valence-electron chi connectivity index (χ4n) is 1.43. The van der Waals surface area contributed by atoms with Crippen LogP contribution in [0.25, 0.3) is 0 Å². The van der Waals surface area contributed by atoms with Crippen LogP contribution in [0.3, 0.4) is 0 Å². The number of likely N-dealkylation sites (tertiary alicyclic amines) is 1. The summed E-state index contributed by atoms with van der Waals surface area (Å²) in [6, 6.07) is 0.292. The van der Waals surface area contributed by atoms with Gasteiger partial charge in [0, 0.05) is 25.9 Å². The highest BCUT2D eigenvalue weighted by Gasteiger charge is 2.21. The van der Waals surface area contributed by atoms with E-state index in [-0.39, 0.29) is 5.91 Å². The van der Waals surface area contributed by atoms with Gasteiger partial charge >= 0.3 is 0 Å². The van der Waals surface area contributed by atoms with Crippen molar-refractivity contribution in [2.45, 2.75) is 39.7 Å². The number of hydrogen-bond acceptors (Lipinski definition) is 2. The van der Waals surface area contributed by atoms with E-state index in [1.165, 1.54) is 0 Å². The Morgan fingerprint density at radius 1 is 1.58 bits per heavy atom. The summed E-state index contributed by atoms with van der Waals surface area (Å²) in [5.74, 6) is 1.09. The van der Waals surface area contributed by atoms with Crippen molar-refractivity contribution in [3.05, 3.63) is 0 Å². The molecule has 0 aromatic rings. The minimum absolute atomic E-state index is 0.118. The maximum Gasteiger partial charge on any atom is 0.224 e. The summed E-state index contributed by atoms with van der Waals surface area (Å²) < 4.78 is 0. The molecule has 0 radical (unpaired) electrons. The SMILES string of the molecule is CC(=O)N1CCCC1=NC(C)C. The summed E-state index contributed by atoms with van der Waals surface area (Å²) in [5.41, 5.74) is 0. The van der Waals surface area contributed by atoms with E-state index in [1.54, 1.807) is 11.8 Å². The zero-order valence-electron chi connectivity index (χ0n) is 8.00. The fourth-order valence-corrected chi connectivity index (χ4v) is 1.43. The van der Waals surface area contributed by atoms with Crippen molar-refractivity contribution in [3.63, 3.8) is 0 Å². The van der Waals surface area contributed by atoms with E-state index in [4.69, 9.17) is 0 Å².